The van der Waals surface area contributed by atoms with Crippen LogP contribution in [-0.2, 0) is 16.5 Å². The second-order valence-electron chi connectivity index (χ2n) is 0. The number of rotatable bonds is 0. The first kappa shape index (κ1) is 26.2. The molecule has 0 unspecified atom stereocenters. The molecule has 0 aliphatic rings. The third-order valence-corrected chi connectivity index (χ3v) is 0. The van der Waals surface area contributed by atoms with Crippen LogP contribution in [0.5, 0.6) is 0 Å². The van der Waals surface area contributed by atoms with Crippen LogP contribution in [-0.4, -0.2) is 12.7 Å². The summed E-state index contributed by atoms with van der Waals surface area (Å²) in [5.41, 5.74) is 0. The van der Waals surface area contributed by atoms with Crippen LogP contribution in [0.3, 0.4) is 0 Å². The molecule has 0 amide bonds. The van der Waals surface area contributed by atoms with E-state index in [2.05, 4.69) is 0 Å². The third-order valence-electron chi connectivity index (χ3n) is 0. The van der Waals surface area contributed by atoms with Gasteiger partial charge in [-0.1, -0.05) is 0 Å². The van der Waals surface area contributed by atoms with Gasteiger partial charge in [-0.3, -0.25) is 4.39 Å². The molecule has 0 rings (SSSR count). The molecule has 0 aromatic rings. The number of halogens is 1. The summed E-state index contributed by atoms with van der Waals surface area (Å²) in [6, 6.07) is 0. The minimum atomic E-state index is 0. The van der Waals surface area contributed by atoms with Crippen LogP contribution in [0.1, 0.15) is 0 Å². The molecule has 0 aliphatic carbocycles. The first-order valence-corrected chi connectivity index (χ1v) is 0.378. The van der Waals surface area contributed by atoms with Crippen molar-refractivity contribution in [1.82, 2.24) is 0 Å². The van der Waals surface area contributed by atoms with Gasteiger partial charge in [0.2, 0.25) is 0 Å². The Morgan fingerprint density at radius 1 is 1.25 bits per heavy atom. The fourth-order valence-electron chi connectivity index (χ4n) is 0. The summed E-state index contributed by atoms with van der Waals surface area (Å²) in [5, 5.41) is 0. The molecule has 0 radical (unpaired) electrons. The van der Waals surface area contributed by atoms with Gasteiger partial charge in [-0.05, 0) is 0 Å². The molecule has 0 fully saturated rings. The van der Waals surface area contributed by atoms with Crippen molar-refractivity contribution in [3.05, 3.63) is 0 Å². The Morgan fingerprint density at radius 2 is 1.25 bits per heavy atom. The second-order valence-corrected chi connectivity index (χ2v) is 0. The van der Waals surface area contributed by atoms with Crippen molar-refractivity contribution in [2.75, 3.05) is 7.18 Å². The minimum Gasteiger partial charge on any atom is -0.412 e. The Kier molecular flexibility index (Phi) is 857. The predicted octanol–water partition coefficient (Wildman–Crippen LogP) is -0.241. The van der Waals surface area contributed by atoms with Crippen LogP contribution < -0.4 is 0 Å². The molecule has 32 valence electrons. The molecule has 0 aromatic carbocycles. The van der Waals surface area contributed by atoms with E-state index in [9.17, 15) is 4.39 Å². The topological polar surface area (TPSA) is 31.5 Å². The fraction of sp³-hybridized carbons (Fsp3) is 1.00. The van der Waals surface area contributed by atoms with E-state index in [1.807, 2.05) is 0 Å². The van der Waals surface area contributed by atoms with Crippen molar-refractivity contribution in [2.45, 2.75) is 0 Å². The van der Waals surface area contributed by atoms with Gasteiger partial charge in [0, 0.05) is 16.5 Å². The monoisotopic (exact) mass is 110 g/mol. The van der Waals surface area contributed by atoms with E-state index in [1.54, 1.807) is 0 Å². The molecule has 0 aromatic heterocycles. The Balaban J connectivity index is -0.00000000500. The largest absolute Gasteiger partial charge is 0.412 e. The molecule has 0 spiro atoms. The van der Waals surface area contributed by atoms with E-state index >= 15 is 0 Å². The second kappa shape index (κ2) is 131. The van der Waals surface area contributed by atoms with Gasteiger partial charge < -0.3 is 5.48 Å². The normalized spacial score (nSPS) is 1.50. The number of hydrogen-bond donors (Lipinski definition) is 0. The van der Waals surface area contributed by atoms with Crippen LogP contribution in [0, 0.1) is 0 Å². The maximum Gasteiger partial charge on any atom is 0.0785 e. The maximum absolute atomic E-state index is 9.50. The molecular weight excluding hydrogens is 106 g/mol. The Labute approximate surface area is 34.4 Å². The van der Waals surface area contributed by atoms with Crippen molar-refractivity contribution in [3.8, 4) is 0 Å². The SMILES string of the molecule is CF.O.[Ni]. The van der Waals surface area contributed by atoms with Gasteiger partial charge in [0.05, 0.1) is 7.18 Å². The number of alkyl halides is 1. The van der Waals surface area contributed by atoms with Crippen molar-refractivity contribution in [3.63, 3.8) is 0 Å². The molecular formula is CH5FNiO. The zero-order chi connectivity index (χ0) is 2.00. The third kappa shape index (κ3) is 31.0. The molecule has 3 heteroatoms. The van der Waals surface area contributed by atoms with Gasteiger partial charge in [0.25, 0.3) is 0 Å². The van der Waals surface area contributed by atoms with E-state index in [1.165, 1.54) is 0 Å². The Hall–Kier alpha value is 0.384. The minimum absolute atomic E-state index is 0. The van der Waals surface area contributed by atoms with Gasteiger partial charge in [0.1, 0.15) is 0 Å². The number of hydrogen-bond acceptors (Lipinski definition) is 0. The summed E-state index contributed by atoms with van der Waals surface area (Å²) in [5.74, 6) is 0. The molecule has 0 bridgehead atoms. The first-order valence-electron chi connectivity index (χ1n) is 0.378. The average Bonchev–Trinajstić information content (AvgIpc) is 1.00. The maximum atomic E-state index is 9.50. The van der Waals surface area contributed by atoms with Crippen molar-refractivity contribution < 1.29 is 26.4 Å². The van der Waals surface area contributed by atoms with Crippen LogP contribution in [0.25, 0.3) is 0 Å². The van der Waals surface area contributed by atoms with Crippen molar-refractivity contribution in [1.29, 1.82) is 0 Å². The molecule has 0 saturated heterocycles. The quantitative estimate of drug-likeness (QED) is 0.386. The van der Waals surface area contributed by atoms with Gasteiger partial charge in [-0.2, -0.15) is 0 Å². The molecule has 2 N–H and O–H groups in total. The standard InChI is InChI=1S/CH3F.Ni.H2O/c1-2;;/h1H3;;1H2. The summed E-state index contributed by atoms with van der Waals surface area (Å²) in [4.78, 5) is 0. The molecule has 1 nitrogen and oxygen atoms in total. The average molecular weight is 111 g/mol. The van der Waals surface area contributed by atoms with Crippen LogP contribution in [0.15, 0.2) is 0 Å². The summed E-state index contributed by atoms with van der Waals surface area (Å²) in [6.45, 7) is 0. The van der Waals surface area contributed by atoms with Crippen LogP contribution in [0.4, 0.5) is 4.39 Å². The van der Waals surface area contributed by atoms with E-state index < -0.39 is 0 Å². The molecule has 0 saturated carbocycles. The molecule has 0 atom stereocenters. The van der Waals surface area contributed by atoms with Gasteiger partial charge in [0.15, 0.2) is 0 Å². The van der Waals surface area contributed by atoms with E-state index in [0.29, 0.717) is 7.18 Å². The van der Waals surface area contributed by atoms with E-state index in [0.717, 1.165) is 0 Å². The van der Waals surface area contributed by atoms with Gasteiger partial charge >= 0.3 is 0 Å². The molecule has 4 heavy (non-hydrogen) atoms. The van der Waals surface area contributed by atoms with E-state index in [4.69, 9.17) is 0 Å². The predicted molar refractivity (Wildman–Crippen MR) is 10.6 cm³/mol. The summed E-state index contributed by atoms with van der Waals surface area (Å²) >= 11 is 0. The smallest absolute Gasteiger partial charge is 0.0785 e. The molecule has 0 heterocycles. The van der Waals surface area contributed by atoms with Gasteiger partial charge in [-0.15, -0.1) is 0 Å². The van der Waals surface area contributed by atoms with E-state index in [-0.39, 0.29) is 22.0 Å². The summed E-state index contributed by atoms with van der Waals surface area (Å²) < 4.78 is 9.50. The first-order chi connectivity index (χ1) is 1.00. The summed E-state index contributed by atoms with van der Waals surface area (Å²) in [6.07, 6.45) is 0. The molecule has 0 aliphatic heterocycles. The zero-order valence-corrected chi connectivity index (χ0v) is 3.18. The fourth-order valence-corrected chi connectivity index (χ4v) is 0. The van der Waals surface area contributed by atoms with Crippen molar-refractivity contribution in [2.24, 2.45) is 0 Å². The summed E-state index contributed by atoms with van der Waals surface area (Å²) in [7, 11) is 0.500. The Morgan fingerprint density at radius 3 is 1.25 bits per heavy atom. The van der Waals surface area contributed by atoms with Crippen LogP contribution >= 0.6 is 0 Å². The Bertz CT molecular complexity index is 8.00. The van der Waals surface area contributed by atoms with Crippen molar-refractivity contribution >= 4 is 0 Å². The van der Waals surface area contributed by atoms with Gasteiger partial charge in [-0.25, -0.2) is 0 Å². The zero-order valence-electron chi connectivity index (χ0n) is 2.19. The van der Waals surface area contributed by atoms with Crippen LogP contribution in [0.2, 0.25) is 0 Å².